The number of pyridine rings is 1. The van der Waals surface area contributed by atoms with Crippen molar-refractivity contribution in [2.75, 3.05) is 5.32 Å². The first kappa shape index (κ1) is 13.3. The van der Waals surface area contributed by atoms with Crippen molar-refractivity contribution in [1.82, 2.24) is 9.97 Å². The van der Waals surface area contributed by atoms with Gasteiger partial charge in [0.2, 0.25) is 11.9 Å². The molecule has 0 bridgehead atoms. The van der Waals surface area contributed by atoms with Crippen LogP contribution in [0.15, 0.2) is 47.9 Å². The molecule has 19 heavy (non-hydrogen) atoms. The minimum atomic E-state index is -0.425. The molecule has 7 heteroatoms. The molecule has 0 fully saturated rings. The van der Waals surface area contributed by atoms with Crippen LogP contribution in [-0.2, 0) is 4.79 Å². The number of rotatable bonds is 4. The lowest BCUT2D eigenvalue weighted by atomic mass is 10.4. The standard InChI is InChI=1S/C12H12N4O2S/c1-9(19-10-5-2-3-8-16(10)18)11(17)15-12-13-6-4-7-14-12/h2-9H,1H3,(H,13,14,15,17). The Balaban J connectivity index is 1.98. The minimum absolute atomic E-state index is 0.250. The summed E-state index contributed by atoms with van der Waals surface area (Å²) in [5.74, 6) is 0.00284. The molecule has 2 rings (SSSR count). The number of carbonyl (C=O) groups is 1. The number of amides is 1. The SMILES string of the molecule is CC(Sc1cccc[n+]1[O-])C(=O)Nc1ncccn1. The van der Waals surface area contributed by atoms with Crippen LogP contribution in [0.25, 0.3) is 0 Å². The molecule has 2 aromatic rings. The summed E-state index contributed by atoms with van der Waals surface area (Å²) in [5.41, 5.74) is 0. The first-order chi connectivity index (χ1) is 9.16. The van der Waals surface area contributed by atoms with Gasteiger partial charge in [-0.3, -0.25) is 10.1 Å². The monoisotopic (exact) mass is 276 g/mol. The number of nitrogens with zero attached hydrogens (tertiary/aromatic N) is 3. The van der Waals surface area contributed by atoms with Crippen LogP contribution in [0.3, 0.4) is 0 Å². The Morgan fingerprint density at radius 3 is 2.79 bits per heavy atom. The summed E-state index contributed by atoms with van der Waals surface area (Å²) >= 11 is 1.18. The van der Waals surface area contributed by atoms with Crippen molar-refractivity contribution in [2.24, 2.45) is 0 Å². The van der Waals surface area contributed by atoms with Gasteiger partial charge in [-0.1, -0.05) is 0 Å². The van der Waals surface area contributed by atoms with Gasteiger partial charge < -0.3 is 5.21 Å². The fraction of sp³-hybridized carbons (Fsp3) is 0.167. The molecule has 0 aliphatic heterocycles. The van der Waals surface area contributed by atoms with Crippen LogP contribution < -0.4 is 10.0 Å². The minimum Gasteiger partial charge on any atom is -0.618 e. The van der Waals surface area contributed by atoms with E-state index in [0.29, 0.717) is 5.03 Å². The summed E-state index contributed by atoms with van der Waals surface area (Å²) in [7, 11) is 0. The van der Waals surface area contributed by atoms with Gasteiger partial charge in [-0.25, -0.2) is 9.97 Å². The van der Waals surface area contributed by atoms with Crippen LogP contribution in [-0.4, -0.2) is 21.1 Å². The topological polar surface area (TPSA) is 81.8 Å². The van der Waals surface area contributed by atoms with Crippen LogP contribution in [0.4, 0.5) is 5.95 Å². The van der Waals surface area contributed by atoms with Gasteiger partial charge in [0.1, 0.15) is 0 Å². The summed E-state index contributed by atoms with van der Waals surface area (Å²) in [4.78, 5) is 19.7. The van der Waals surface area contributed by atoms with Gasteiger partial charge in [0.15, 0.2) is 6.20 Å². The van der Waals surface area contributed by atoms with Crippen molar-refractivity contribution in [3.8, 4) is 0 Å². The maximum Gasteiger partial charge on any atom is 0.252 e. The van der Waals surface area contributed by atoms with Crippen molar-refractivity contribution >= 4 is 23.6 Å². The zero-order chi connectivity index (χ0) is 13.7. The predicted molar refractivity (Wildman–Crippen MR) is 71.4 cm³/mol. The predicted octanol–water partition coefficient (Wildman–Crippen LogP) is 1.23. The summed E-state index contributed by atoms with van der Waals surface area (Å²) in [6.45, 7) is 1.72. The molecule has 0 radical (unpaired) electrons. The Kier molecular flexibility index (Phi) is 4.30. The number of carbonyl (C=O) groups excluding carboxylic acids is 1. The van der Waals surface area contributed by atoms with Gasteiger partial charge in [0.25, 0.3) is 5.03 Å². The number of anilines is 1. The zero-order valence-electron chi connectivity index (χ0n) is 10.2. The van der Waals surface area contributed by atoms with Gasteiger partial charge in [-0.2, -0.15) is 4.73 Å². The zero-order valence-corrected chi connectivity index (χ0v) is 11.0. The van der Waals surface area contributed by atoms with Gasteiger partial charge in [-0.05, 0) is 30.8 Å². The van der Waals surface area contributed by atoms with E-state index in [-0.39, 0.29) is 11.9 Å². The second-order valence-electron chi connectivity index (χ2n) is 3.69. The quantitative estimate of drug-likeness (QED) is 0.516. The van der Waals surface area contributed by atoms with Crippen LogP contribution >= 0.6 is 11.8 Å². The lowest BCUT2D eigenvalue weighted by Gasteiger charge is -2.10. The number of hydrogen-bond donors (Lipinski definition) is 1. The second-order valence-corrected chi connectivity index (χ2v) is 5.05. The van der Waals surface area contributed by atoms with E-state index < -0.39 is 5.25 Å². The molecular formula is C12H12N4O2S. The fourth-order valence-electron chi connectivity index (χ4n) is 1.31. The van der Waals surface area contributed by atoms with E-state index in [4.69, 9.17) is 0 Å². The van der Waals surface area contributed by atoms with E-state index in [1.807, 2.05) is 0 Å². The van der Waals surface area contributed by atoms with Crippen molar-refractivity contribution < 1.29 is 9.52 Å². The molecule has 1 amide bonds. The Hall–Kier alpha value is -2.15. The molecule has 1 N–H and O–H groups in total. The number of hydrogen-bond acceptors (Lipinski definition) is 5. The smallest absolute Gasteiger partial charge is 0.252 e. The first-order valence-corrected chi connectivity index (χ1v) is 6.47. The van der Waals surface area contributed by atoms with E-state index >= 15 is 0 Å². The fourth-order valence-corrected chi connectivity index (χ4v) is 2.16. The number of nitrogens with one attached hydrogen (secondary N) is 1. The van der Waals surface area contributed by atoms with Crippen molar-refractivity contribution in [3.05, 3.63) is 48.1 Å². The lowest BCUT2D eigenvalue weighted by Crippen LogP contribution is -2.30. The largest absolute Gasteiger partial charge is 0.618 e. The van der Waals surface area contributed by atoms with Gasteiger partial charge in [-0.15, -0.1) is 0 Å². The van der Waals surface area contributed by atoms with E-state index in [2.05, 4.69) is 15.3 Å². The number of thioether (sulfide) groups is 1. The molecule has 2 aromatic heterocycles. The van der Waals surface area contributed by atoms with E-state index in [1.165, 1.54) is 18.0 Å². The Morgan fingerprint density at radius 1 is 1.37 bits per heavy atom. The Labute approximate surface area is 114 Å². The molecule has 98 valence electrons. The van der Waals surface area contributed by atoms with Crippen LogP contribution in [0.2, 0.25) is 0 Å². The average Bonchev–Trinajstić information content (AvgIpc) is 2.42. The van der Waals surface area contributed by atoms with Gasteiger partial charge in [0, 0.05) is 24.5 Å². The molecule has 0 saturated carbocycles. The maximum absolute atomic E-state index is 11.9. The van der Waals surface area contributed by atoms with Gasteiger partial charge >= 0.3 is 0 Å². The van der Waals surface area contributed by atoms with E-state index in [0.717, 1.165) is 4.73 Å². The Bertz CT molecular complexity index is 565. The van der Waals surface area contributed by atoms with Crippen LogP contribution in [0.5, 0.6) is 0 Å². The molecule has 2 heterocycles. The van der Waals surface area contributed by atoms with Crippen LogP contribution in [0, 0.1) is 5.21 Å². The third kappa shape index (κ3) is 3.65. The molecule has 0 aliphatic carbocycles. The molecular weight excluding hydrogens is 264 g/mol. The summed E-state index contributed by atoms with van der Waals surface area (Å²) in [5, 5.41) is 14.1. The Morgan fingerprint density at radius 2 is 2.11 bits per heavy atom. The highest BCUT2D eigenvalue weighted by Gasteiger charge is 2.19. The second kappa shape index (κ2) is 6.14. The van der Waals surface area contributed by atoms with Crippen molar-refractivity contribution in [2.45, 2.75) is 17.2 Å². The molecule has 0 aromatic carbocycles. The third-order valence-corrected chi connectivity index (χ3v) is 3.38. The highest BCUT2D eigenvalue weighted by atomic mass is 32.2. The molecule has 0 saturated heterocycles. The van der Waals surface area contributed by atoms with Gasteiger partial charge in [0.05, 0.1) is 5.25 Å². The summed E-state index contributed by atoms with van der Waals surface area (Å²) < 4.78 is 0.730. The lowest BCUT2D eigenvalue weighted by molar-refractivity contribution is -0.645. The van der Waals surface area contributed by atoms with Crippen molar-refractivity contribution in [1.29, 1.82) is 0 Å². The first-order valence-electron chi connectivity index (χ1n) is 5.59. The third-order valence-electron chi connectivity index (χ3n) is 2.26. The normalized spacial score (nSPS) is 11.8. The van der Waals surface area contributed by atoms with Crippen LogP contribution in [0.1, 0.15) is 6.92 Å². The average molecular weight is 276 g/mol. The molecule has 6 nitrogen and oxygen atoms in total. The van der Waals surface area contributed by atoms with Crippen molar-refractivity contribution in [3.63, 3.8) is 0 Å². The molecule has 0 aliphatic rings. The number of aromatic nitrogens is 3. The highest BCUT2D eigenvalue weighted by molar-refractivity contribution is 8.00. The molecule has 0 spiro atoms. The highest BCUT2D eigenvalue weighted by Crippen LogP contribution is 2.20. The maximum atomic E-state index is 11.9. The molecule has 1 unspecified atom stereocenters. The van der Waals surface area contributed by atoms with E-state index in [9.17, 15) is 10.0 Å². The van der Waals surface area contributed by atoms with E-state index in [1.54, 1.807) is 43.6 Å². The molecule has 1 atom stereocenters. The summed E-state index contributed by atoms with van der Waals surface area (Å²) in [6.07, 6.45) is 4.49. The summed E-state index contributed by atoms with van der Waals surface area (Å²) in [6, 6.07) is 6.72.